The Kier molecular flexibility index (Phi) is 5.44. The van der Waals surface area contributed by atoms with Gasteiger partial charge in [0.1, 0.15) is 5.54 Å². The van der Waals surface area contributed by atoms with Gasteiger partial charge in [-0.3, -0.25) is 4.79 Å². The molecule has 1 atom stereocenters. The predicted octanol–water partition coefficient (Wildman–Crippen LogP) is 2.74. The maximum Gasteiger partial charge on any atom is 0.326 e. The van der Waals surface area contributed by atoms with E-state index in [9.17, 15) is 4.79 Å². The van der Waals surface area contributed by atoms with Gasteiger partial charge in [-0.25, -0.2) is 0 Å². The van der Waals surface area contributed by atoms with E-state index in [0.717, 1.165) is 19.4 Å². The largest absolute Gasteiger partial charge is 0.468 e. The molecule has 0 aromatic carbocycles. The van der Waals surface area contributed by atoms with Gasteiger partial charge in [-0.1, -0.05) is 33.1 Å². The Morgan fingerprint density at radius 3 is 2.41 bits per heavy atom. The van der Waals surface area contributed by atoms with Crippen LogP contribution >= 0.6 is 0 Å². The highest BCUT2D eigenvalue weighted by Gasteiger charge is 2.42. The first-order valence-corrected chi connectivity index (χ1v) is 6.84. The van der Waals surface area contributed by atoms with Crippen molar-refractivity contribution in [3.63, 3.8) is 0 Å². The van der Waals surface area contributed by atoms with E-state index in [-0.39, 0.29) is 5.97 Å². The van der Waals surface area contributed by atoms with Crippen LogP contribution in [0.3, 0.4) is 0 Å². The Balaban J connectivity index is 2.72. The molecule has 0 aromatic rings. The Bertz CT molecular complexity index is 247. The molecule has 0 saturated heterocycles. The molecule has 100 valence electrons. The van der Waals surface area contributed by atoms with E-state index < -0.39 is 5.54 Å². The van der Waals surface area contributed by atoms with Crippen LogP contribution in [0, 0.1) is 11.8 Å². The average molecular weight is 241 g/mol. The fourth-order valence-electron chi connectivity index (χ4n) is 2.69. The summed E-state index contributed by atoms with van der Waals surface area (Å²) < 4.78 is 5.00. The molecule has 1 N–H and O–H groups in total. The lowest BCUT2D eigenvalue weighted by Gasteiger charge is -2.38. The maximum atomic E-state index is 12.1. The number of rotatable bonds is 5. The number of methoxy groups -OCH3 is 1. The topological polar surface area (TPSA) is 38.3 Å². The van der Waals surface area contributed by atoms with Gasteiger partial charge in [-0.2, -0.15) is 0 Å². The molecule has 3 heteroatoms. The molecule has 0 spiro atoms. The highest BCUT2D eigenvalue weighted by atomic mass is 16.5. The summed E-state index contributed by atoms with van der Waals surface area (Å²) in [5.41, 5.74) is -0.501. The molecule has 1 fully saturated rings. The van der Waals surface area contributed by atoms with Crippen molar-refractivity contribution < 1.29 is 9.53 Å². The van der Waals surface area contributed by atoms with Crippen molar-refractivity contribution in [2.75, 3.05) is 13.7 Å². The van der Waals surface area contributed by atoms with Crippen LogP contribution in [0.1, 0.15) is 52.9 Å². The smallest absolute Gasteiger partial charge is 0.326 e. The summed E-state index contributed by atoms with van der Waals surface area (Å²) in [4.78, 5) is 12.1. The van der Waals surface area contributed by atoms with E-state index >= 15 is 0 Å². The number of ether oxygens (including phenoxy) is 1. The van der Waals surface area contributed by atoms with Gasteiger partial charge in [0, 0.05) is 0 Å². The second kappa shape index (κ2) is 6.39. The molecule has 0 amide bonds. The minimum atomic E-state index is -0.501. The molecule has 3 nitrogen and oxygen atoms in total. The van der Waals surface area contributed by atoms with Crippen molar-refractivity contribution in [3.05, 3.63) is 0 Å². The van der Waals surface area contributed by atoms with E-state index in [2.05, 4.69) is 19.2 Å². The zero-order valence-electron chi connectivity index (χ0n) is 11.7. The third-order valence-corrected chi connectivity index (χ3v) is 3.91. The van der Waals surface area contributed by atoms with Gasteiger partial charge < -0.3 is 10.1 Å². The Morgan fingerprint density at radius 2 is 1.94 bits per heavy atom. The summed E-state index contributed by atoms with van der Waals surface area (Å²) in [5.74, 6) is 0.857. The van der Waals surface area contributed by atoms with Crippen LogP contribution in [0.2, 0.25) is 0 Å². The Hall–Kier alpha value is -0.570. The molecule has 0 bridgehead atoms. The van der Waals surface area contributed by atoms with E-state index in [1.807, 2.05) is 6.92 Å². The van der Waals surface area contributed by atoms with Crippen LogP contribution in [0.25, 0.3) is 0 Å². The Labute approximate surface area is 105 Å². The predicted molar refractivity (Wildman–Crippen MR) is 69.8 cm³/mol. The summed E-state index contributed by atoms with van der Waals surface area (Å²) in [5, 5.41) is 3.44. The molecule has 0 aliphatic heterocycles. The van der Waals surface area contributed by atoms with Gasteiger partial charge >= 0.3 is 5.97 Å². The van der Waals surface area contributed by atoms with Crippen LogP contribution in [0.15, 0.2) is 0 Å². The molecule has 1 rings (SSSR count). The summed E-state index contributed by atoms with van der Waals surface area (Å²) in [6.45, 7) is 7.19. The molecule has 1 unspecified atom stereocenters. The van der Waals surface area contributed by atoms with E-state index in [1.165, 1.54) is 26.4 Å². The number of hydrogen-bond donors (Lipinski definition) is 1. The van der Waals surface area contributed by atoms with Crippen molar-refractivity contribution in [1.29, 1.82) is 0 Å². The lowest BCUT2D eigenvalue weighted by Crippen LogP contribution is -2.57. The highest BCUT2D eigenvalue weighted by molar-refractivity contribution is 5.80. The quantitative estimate of drug-likeness (QED) is 0.752. The van der Waals surface area contributed by atoms with Crippen LogP contribution in [0.5, 0.6) is 0 Å². The monoisotopic (exact) mass is 241 g/mol. The molecule has 0 radical (unpaired) electrons. The van der Waals surface area contributed by atoms with Crippen molar-refractivity contribution >= 4 is 5.97 Å². The van der Waals surface area contributed by atoms with Crippen LogP contribution in [0.4, 0.5) is 0 Å². The van der Waals surface area contributed by atoms with Gasteiger partial charge in [0.25, 0.3) is 0 Å². The number of nitrogens with one attached hydrogen (secondary N) is 1. The molecule has 1 saturated carbocycles. The fraction of sp³-hybridized carbons (Fsp3) is 0.929. The molecular formula is C14H27NO2. The molecule has 1 aliphatic rings. The zero-order chi connectivity index (χ0) is 12.9. The van der Waals surface area contributed by atoms with Crippen LogP contribution in [-0.4, -0.2) is 25.2 Å². The van der Waals surface area contributed by atoms with Gasteiger partial charge in [0.2, 0.25) is 0 Å². The lowest BCUT2D eigenvalue weighted by atomic mass is 9.75. The van der Waals surface area contributed by atoms with Gasteiger partial charge in [0.05, 0.1) is 7.11 Å². The summed E-state index contributed by atoms with van der Waals surface area (Å²) in [6, 6.07) is 0. The number of hydrogen-bond acceptors (Lipinski definition) is 3. The molecular weight excluding hydrogens is 214 g/mol. The normalized spacial score (nSPS) is 21.2. The molecule has 0 aromatic heterocycles. The average Bonchev–Trinajstić information content (AvgIpc) is 2.36. The number of carbonyl (C=O) groups excluding carboxylic acids is 1. The first-order valence-electron chi connectivity index (χ1n) is 6.84. The molecule has 17 heavy (non-hydrogen) atoms. The van der Waals surface area contributed by atoms with Gasteiger partial charge in [-0.15, -0.1) is 0 Å². The number of esters is 1. The summed E-state index contributed by atoms with van der Waals surface area (Å²) in [6.07, 6.45) is 6.05. The molecule has 1 aliphatic carbocycles. The maximum absolute atomic E-state index is 12.1. The molecule has 0 heterocycles. The van der Waals surface area contributed by atoms with Crippen molar-refractivity contribution in [3.8, 4) is 0 Å². The lowest BCUT2D eigenvalue weighted by molar-refractivity contribution is -0.151. The van der Waals surface area contributed by atoms with Crippen molar-refractivity contribution in [2.24, 2.45) is 11.8 Å². The van der Waals surface area contributed by atoms with E-state index in [0.29, 0.717) is 11.8 Å². The third kappa shape index (κ3) is 3.70. The van der Waals surface area contributed by atoms with Crippen molar-refractivity contribution in [2.45, 2.75) is 58.4 Å². The first kappa shape index (κ1) is 14.5. The minimum absolute atomic E-state index is 0.106. The third-order valence-electron chi connectivity index (χ3n) is 3.91. The number of carbonyl (C=O) groups is 1. The highest BCUT2D eigenvalue weighted by Crippen LogP contribution is 2.33. The fourth-order valence-corrected chi connectivity index (χ4v) is 2.69. The summed E-state index contributed by atoms with van der Waals surface area (Å²) in [7, 11) is 1.49. The van der Waals surface area contributed by atoms with Crippen LogP contribution in [-0.2, 0) is 9.53 Å². The van der Waals surface area contributed by atoms with Gasteiger partial charge in [-0.05, 0) is 38.1 Å². The van der Waals surface area contributed by atoms with E-state index in [1.54, 1.807) is 0 Å². The SMILES string of the molecule is COC(=O)C(C)(NCC(C)C)C1CCCCC1. The first-order chi connectivity index (χ1) is 8.00. The van der Waals surface area contributed by atoms with Crippen molar-refractivity contribution in [1.82, 2.24) is 5.32 Å². The standard InChI is InChI=1S/C14H27NO2/c1-11(2)10-15-14(3,13(16)17-4)12-8-6-5-7-9-12/h11-12,15H,5-10H2,1-4H3. The zero-order valence-corrected chi connectivity index (χ0v) is 11.7. The summed E-state index contributed by atoms with van der Waals surface area (Å²) >= 11 is 0. The second-order valence-corrected chi connectivity index (χ2v) is 5.80. The second-order valence-electron chi connectivity index (χ2n) is 5.80. The van der Waals surface area contributed by atoms with Gasteiger partial charge in [0.15, 0.2) is 0 Å². The minimum Gasteiger partial charge on any atom is -0.468 e. The van der Waals surface area contributed by atoms with E-state index in [4.69, 9.17) is 4.74 Å². The van der Waals surface area contributed by atoms with Crippen LogP contribution < -0.4 is 5.32 Å². The Morgan fingerprint density at radius 1 is 1.35 bits per heavy atom.